The molecule has 6 atom stereocenters. The van der Waals surface area contributed by atoms with Crippen LogP contribution in [0.4, 0.5) is 0 Å². The summed E-state index contributed by atoms with van der Waals surface area (Å²) >= 11 is 0. The van der Waals surface area contributed by atoms with E-state index in [1.54, 1.807) is 21.7 Å². The number of amides is 2. The third-order valence-electron chi connectivity index (χ3n) is 9.13. The predicted molar refractivity (Wildman–Crippen MR) is 150 cm³/mol. The van der Waals surface area contributed by atoms with Crippen molar-refractivity contribution >= 4 is 28.8 Å². The summed E-state index contributed by atoms with van der Waals surface area (Å²) < 4.78 is 14.0. The van der Waals surface area contributed by atoms with Gasteiger partial charge in [0.15, 0.2) is 0 Å². The van der Waals surface area contributed by atoms with E-state index in [0.29, 0.717) is 37.6 Å². The number of aliphatic hydroxyl groups excluding tert-OH is 1. The highest BCUT2D eigenvalue weighted by molar-refractivity contribution is 5.98. The molecule has 220 valence electrons. The molecule has 2 bridgehead atoms. The van der Waals surface area contributed by atoms with Crippen LogP contribution in [0.2, 0.25) is 0 Å². The first kappa shape index (κ1) is 28.9. The zero-order valence-electron chi connectivity index (χ0n) is 23.8. The molecule has 41 heavy (non-hydrogen) atoms. The fraction of sp³-hybridized carbons (Fsp3) is 0.567. The summed E-state index contributed by atoms with van der Waals surface area (Å²) in [6.45, 7) is 11.4. The largest absolute Gasteiger partial charge is 0.465 e. The lowest BCUT2D eigenvalue weighted by Crippen LogP contribution is -2.59. The van der Waals surface area contributed by atoms with Crippen molar-refractivity contribution in [3.63, 3.8) is 0 Å². The van der Waals surface area contributed by atoms with E-state index in [4.69, 9.17) is 9.47 Å². The van der Waals surface area contributed by atoms with Crippen LogP contribution in [0.15, 0.2) is 49.6 Å². The number of fused-ring (bicyclic) bond motifs is 2. The van der Waals surface area contributed by atoms with Crippen molar-refractivity contribution in [2.45, 2.75) is 75.9 Å². The highest BCUT2D eigenvalue weighted by Crippen LogP contribution is 2.65. The highest BCUT2D eigenvalue weighted by Gasteiger charge is 2.79. The Morgan fingerprint density at radius 1 is 1.27 bits per heavy atom. The fourth-order valence-electron chi connectivity index (χ4n) is 7.16. The minimum Gasteiger partial charge on any atom is -0.465 e. The Balaban J connectivity index is 1.56. The summed E-state index contributed by atoms with van der Waals surface area (Å²) in [6.07, 6.45) is 5.67. The molecule has 2 aromatic rings. The van der Waals surface area contributed by atoms with Gasteiger partial charge in [0.25, 0.3) is 0 Å². The van der Waals surface area contributed by atoms with E-state index < -0.39 is 41.1 Å². The van der Waals surface area contributed by atoms with Crippen LogP contribution in [-0.2, 0) is 30.5 Å². The van der Waals surface area contributed by atoms with Crippen LogP contribution >= 0.6 is 0 Å². The number of esters is 1. The topological polar surface area (TPSA) is 127 Å². The molecule has 11 heteroatoms. The average Bonchev–Trinajstić information content (AvgIpc) is 3.71. The van der Waals surface area contributed by atoms with E-state index in [1.807, 2.05) is 38.1 Å². The van der Waals surface area contributed by atoms with E-state index in [-0.39, 0.29) is 38.2 Å². The van der Waals surface area contributed by atoms with E-state index in [2.05, 4.69) is 23.5 Å². The van der Waals surface area contributed by atoms with Gasteiger partial charge >= 0.3 is 5.97 Å². The van der Waals surface area contributed by atoms with Gasteiger partial charge in [-0.25, -0.2) is 4.68 Å². The van der Waals surface area contributed by atoms with Crippen molar-refractivity contribution in [3.8, 4) is 0 Å². The molecule has 4 heterocycles. The first-order valence-electron chi connectivity index (χ1n) is 14.4. The van der Waals surface area contributed by atoms with Gasteiger partial charge in [0.2, 0.25) is 11.8 Å². The van der Waals surface area contributed by atoms with Crippen molar-refractivity contribution in [1.82, 2.24) is 24.8 Å². The first-order valence-corrected chi connectivity index (χ1v) is 14.4. The fourth-order valence-corrected chi connectivity index (χ4v) is 7.16. The van der Waals surface area contributed by atoms with Crippen LogP contribution in [0.3, 0.4) is 0 Å². The molecule has 11 nitrogen and oxygen atoms in total. The minimum atomic E-state index is -1.22. The van der Waals surface area contributed by atoms with Crippen LogP contribution in [-0.4, -0.2) is 90.7 Å². The number of hydrogen-bond donors (Lipinski definition) is 1. The van der Waals surface area contributed by atoms with Gasteiger partial charge in [0.05, 0.1) is 36.3 Å². The molecule has 1 spiro atoms. The molecule has 3 saturated heterocycles. The second-order valence-electron chi connectivity index (χ2n) is 11.1. The van der Waals surface area contributed by atoms with E-state index in [0.717, 1.165) is 5.52 Å². The number of para-hydroxylation sites is 1. The number of rotatable bonds is 13. The Morgan fingerprint density at radius 2 is 2.05 bits per heavy atom. The second kappa shape index (κ2) is 11.4. The molecule has 2 unspecified atom stereocenters. The van der Waals surface area contributed by atoms with Gasteiger partial charge in [-0.05, 0) is 44.2 Å². The van der Waals surface area contributed by atoms with Gasteiger partial charge in [-0.3, -0.25) is 14.4 Å². The van der Waals surface area contributed by atoms with Crippen LogP contribution in [0.1, 0.15) is 46.0 Å². The average molecular weight is 566 g/mol. The van der Waals surface area contributed by atoms with Crippen molar-refractivity contribution in [2.75, 3.05) is 19.8 Å². The standard InChI is InChI=1S/C30H39N5O6/c1-5-9-17-40-28(39)24-23-26(37)35(20(7-3)18-36)25(30(23)15-14-29(24,8-4)41-30)27(38)33(16-6-2)19-34-22-13-11-10-12-21(22)31-32-34/h5-6,10-13,20,23-25,36H,1-2,7-9,14-19H2,3-4H3/t20-,23-,24+,25?,29-,30?/m0/s1. The molecule has 1 N–H and O–H groups in total. The maximum Gasteiger partial charge on any atom is 0.312 e. The monoisotopic (exact) mass is 565 g/mol. The number of carbonyl (C=O) groups is 3. The molecular formula is C30H39N5O6. The van der Waals surface area contributed by atoms with Crippen molar-refractivity contribution < 1.29 is 29.0 Å². The molecule has 1 aromatic heterocycles. The number of nitrogens with zero attached hydrogens (tertiary/aromatic N) is 5. The number of aliphatic hydroxyl groups is 1. The third-order valence-corrected chi connectivity index (χ3v) is 9.13. The molecule has 3 aliphatic heterocycles. The predicted octanol–water partition coefficient (Wildman–Crippen LogP) is 2.45. The Bertz CT molecular complexity index is 1340. The lowest BCUT2D eigenvalue weighted by Gasteiger charge is -2.39. The normalized spacial score (nSPS) is 29.0. The van der Waals surface area contributed by atoms with Gasteiger partial charge in [-0.2, -0.15) is 0 Å². The highest BCUT2D eigenvalue weighted by atomic mass is 16.6. The number of ether oxygens (including phenoxy) is 2. The summed E-state index contributed by atoms with van der Waals surface area (Å²) in [6, 6.07) is 5.80. The third kappa shape index (κ3) is 4.46. The van der Waals surface area contributed by atoms with E-state index >= 15 is 0 Å². The summed E-state index contributed by atoms with van der Waals surface area (Å²) in [7, 11) is 0. The molecule has 3 fully saturated rings. The van der Waals surface area contributed by atoms with Gasteiger partial charge in [-0.1, -0.05) is 43.3 Å². The summed E-state index contributed by atoms with van der Waals surface area (Å²) in [4.78, 5) is 45.5. The number of aromatic nitrogens is 3. The lowest BCUT2D eigenvalue weighted by molar-refractivity contribution is -0.164. The van der Waals surface area contributed by atoms with Crippen molar-refractivity contribution in [3.05, 3.63) is 49.6 Å². The van der Waals surface area contributed by atoms with Crippen LogP contribution in [0, 0.1) is 11.8 Å². The Kier molecular flexibility index (Phi) is 8.02. The number of likely N-dealkylation sites (tertiary alicyclic amines) is 1. The van der Waals surface area contributed by atoms with E-state index in [1.165, 1.54) is 4.90 Å². The second-order valence-corrected chi connectivity index (χ2v) is 11.1. The van der Waals surface area contributed by atoms with Gasteiger partial charge in [-0.15, -0.1) is 18.3 Å². The SMILES string of the molecule is C=CCCOC(=O)[C@H]1[C@H]2C(=O)N([C@@H](CC)CO)C(C(=O)N(CC=C)Cn3nnc4ccccc43)C23CC[C@]1(CC)O3. The molecule has 0 aliphatic carbocycles. The van der Waals surface area contributed by atoms with Gasteiger partial charge in [0, 0.05) is 6.54 Å². The van der Waals surface area contributed by atoms with Crippen LogP contribution < -0.4 is 0 Å². The van der Waals surface area contributed by atoms with Crippen LogP contribution in [0.5, 0.6) is 0 Å². The van der Waals surface area contributed by atoms with E-state index in [9.17, 15) is 19.5 Å². The molecule has 0 radical (unpaired) electrons. The lowest BCUT2D eigenvalue weighted by atomic mass is 9.65. The van der Waals surface area contributed by atoms with Gasteiger partial charge in [0.1, 0.15) is 29.7 Å². The number of hydrogen-bond acceptors (Lipinski definition) is 8. The zero-order chi connectivity index (χ0) is 29.4. The maximum absolute atomic E-state index is 14.6. The quantitative estimate of drug-likeness (QED) is 0.223. The summed E-state index contributed by atoms with van der Waals surface area (Å²) in [5, 5.41) is 18.8. The maximum atomic E-state index is 14.6. The summed E-state index contributed by atoms with van der Waals surface area (Å²) in [5.41, 5.74) is -0.667. The number of carbonyl (C=O) groups excluding carboxylic acids is 3. The Hall–Kier alpha value is -3.57. The zero-order valence-corrected chi connectivity index (χ0v) is 23.8. The smallest absolute Gasteiger partial charge is 0.312 e. The van der Waals surface area contributed by atoms with Crippen molar-refractivity contribution in [2.24, 2.45) is 11.8 Å². The molecule has 3 aliphatic rings. The molecule has 0 saturated carbocycles. The Morgan fingerprint density at radius 3 is 2.73 bits per heavy atom. The molecule has 1 aromatic carbocycles. The molecule has 5 rings (SSSR count). The molecule has 2 amide bonds. The van der Waals surface area contributed by atoms with Crippen molar-refractivity contribution in [1.29, 1.82) is 0 Å². The number of benzene rings is 1. The first-order chi connectivity index (χ1) is 19.8. The minimum absolute atomic E-state index is 0.0759. The summed E-state index contributed by atoms with van der Waals surface area (Å²) in [5.74, 6) is -2.92. The van der Waals surface area contributed by atoms with Gasteiger partial charge < -0.3 is 24.4 Å². The van der Waals surface area contributed by atoms with Crippen LogP contribution in [0.25, 0.3) is 11.0 Å². The Labute approximate surface area is 239 Å². The molecular weight excluding hydrogens is 526 g/mol.